The summed E-state index contributed by atoms with van der Waals surface area (Å²) in [6, 6.07) is 10.0. The predicted octanol–water partition coefficient (Wildman–Crippen LogP) is 4.78. The van der Waals surface area contributed by atoms with Crippen LogP contribution in [-0.2, 0) is 12.6 Å². The summed E-state index contributed by atoms with van der Waals surface area (Å²) >= 11 is 0. The molecule has 0 atom stereocenters. The topological polar surface area (TPSA) is 37.3 Å². The summed E-state index contributed by atoms with van der Waals surface area (Å²) in [5.41, 5.74) is 1.32. The van der Waals surface area contributed by atoms with Gasteiger partial charge in [-0.3, -0.25) is 0 Å². The molecule has 0 bridgehead atoms. The molecule has 0 aromatic heterocycles. The number of fused-ring (bicyclic) bond motifs is 1. The molecule has 0 spiro atoms. The summed E-state index contributed by atoms with van der Waals surface area (Å²) in [6.07, 6.45) is -1.40. The van der Waals surface area contributed by atoms with Crippen LogP contribution in [0.15, 0.2) is 48.5 Å². The molecule has 0 unspecified atom stereocenters. The minimum absolute atomic E-state index is 0.0704. The molecule has 0 radical (unpaired) electrons. The third-order valence-electron chi connectivity index (χ3n) is 3.93. The van der Waals surface area contributed by atoms with E-state index in [4.69, 9.17) is 5.11 Å². The van der Waals surface area contributed by atoms with Crippen LogP contribution in [0.25, 0.3) is 5.57 Å². The number of allylic oxidation sites excluding steroid dienone is 1. The molecule has 0 amide bonds. The van der Waals surface area contributed by atoms with Crippen molar-refractivity contribution in [1.82, 2.24) is 0 Å². The van der Waals surface area contributed by atoms with Crippen LogP contribution >= 0.6 is 0 Å². The molecule has 2 nitrogen and oxygen atoms in total. The van der Waals surface area contributed by atoms with Gasteiger partial charge >= 0.3 is 12.1 Å². The van der Waals surface area contributed by atoms with Crippen molar-refractivity contribution in [3.63, 3.8) is 0 Å². The summed E-state index contributed by atoms with van der Waals surface area (Å²) in [5, 5.41) is 9.13. The molecule has 0 heterocycles. The van der Waals surface area contributed by atoms with Crippen molar-refractivity contribution in [2.24, 2.45) is 0 Å². The Morgan fingerprint density at radius 2 is 1.78 bits per heavy atom. The Hall–Kier alpha value is -2.56. The van der Waals surface area contributed by atoms with Crippen LogP contribution < -0.4 is 0 Å². The highest BCUT2D eigenvalue weighted by Crippen LogP contribution is 2.39. The molecule has 1 aliphatic carbocycles. The van der Waals surface area contributed by atoms with Gasteiger partial charge in [-0.05, 0) is 53.3 Å². The minimum Gasteiger partial charge on any atom is -0.478 e. The van der Waals surface area contributed by atoms with Gasteiger partial charge in [0.2, 0.25) is 0 Å². The van der Waals surface area contributed by atoms with E-state index in [1.165, 1.54) is 24.3 Å². The first kappa shape index (κ1) is 15.3. The molecule has 0 saturated carbocycles. The second-order valence-electron chi connectivity index (χ2n) is 5.38. The quantitative estimate of drug-likeness (QED) is 0.865. The number of halogens is 3. The first-order valence-electron chi connectivity index (χ1n) is 7.11. The summed E-state index contributed by atoms with van der Waals surface area (Å²) in [5.74, 6) is -1.10. The first-order chi connectivity index (χ1) is 10.9. The van der Waals surface area contributed by atoms with E-state index < -0.39 is 17.7 Å². The molecule has 0 aliphatic heterocycles. The number of hydrogen-bond donors (Lipinski definition) is 1. The van der Waals surface area contributed by atoms with Gasteiger partial charge < -0.3 is 5.11 Å². The van der Waals surface area contributed by atoms with Crippen LogP contribution in [-0.4, -0.2) is 11.1 Å². The summed E-state index contributed by atoms with van der Waals surface area (Å²) in [4.78, 5) is 11.2. The summed E-state index contributed by atoms with van der Waals surface area (Å²) in [6.45, 7) is 0. The average Bonchev–Trinajstić information content (AvgIpc) is 2.53. The fraction of sp³-hybridized carbons (Fsp3) is 0.167. The van der Waals surface area contributed by atoms with Gasteiger partial charge in [0.15, 0.2) is 0 Å². The number of rotatable bonds is 2. The lowest BCUT2D eigenvalue weighted by Gasteiger charge is -2.21. The molecular formula is C18H13F3O2. The van der Waals surface area contributed by atoms with Crippen LogP contribution in [0.1, 0.15) is 39.0 Å². The lowest BCUT2D eigenvalue weighted by atomic mass is 9.84. The van der Waals surface area contributed by atoms with E-state index >= 15 is 0 Å². The molecule has 0 saturated heterocycles. The predicted molar refractivity (Wildman–Crippen MR) is 80.2 cm³/mol. The molecule has 5 heteroatoms. The monoisotopic (exact) mass is 318 g/mol. The van der Waals surface area contributed by atoms with E-state index in [2.05, 4.69) is 0 Å². The number of hydrogen-bond acceptors (Lipinski definition) is 1. The van der Waals surface area contributed by atoms with Crippen LogP contribution in [0, 0.1) is 0 Å². The maximum atomic E-state index is 13.3. The molecule has 0 fully saturated rings. The number of carbonyl (C=O) groups is 1. The molecule has 3 rings (SSSR count). The Morgan fingerprint density at radius 3 is 2.48 bits per heavy atom. The van der Waals surface area contributed by atoms with E-state index in [9.17, 15) is 18.0 Å². The zero-order chi connectivity index (χ0) is 16.6. The molecule has 1 N–H and O–H groups in total. The molecule has 2 aromatic carbocycles. The number of benzene rings is 2. The largest absolute Gasteiger partial charge is 0.478 e. The molecule has 118 valence electrons. The van der Waals surface area contributed by atoms with Crippen molar-refractivity contribution in [3.05, 3.63) is 76.4 Å². The van der Waals surface area contributed by atoms with Crippen molar-refractivity contribution in [2.45, 2.75) is 19.0 Å². The summed E-state index contributed by atoms with van der Waals surface area (Å²) in [7, 11) is 0. The zero-order valence-electron chi connectivity index (χ0n) is 12.0. The Bertz CT molecular complexity index is 804. The fourth-order valence-corrected chi connectivity index (χ4v) is 2.88. The molecule has 2 aromatic rings. The highest BCUT2D eigenvalue weighted by molar-refractivity contribution is 5.91. The van der Waals surface area contributed by atoms with E-state index in [-0.39, 0.29) is 11.1 Å². The average molecular weight is 318 g/mol. The van der Waals surface area contributed by atoms with Gasteiger partial charge in [-0.15, -0.1) is 0 Å². The van der Waals surface area contributed by atoms with Gasteiger partial charge in [-0.25, -0.2) is 4.79 Å². The highest BCUT2D eigenvalue weighted by atomic mass is 19.4. The van der Waals surface area contributed by atoms with Gasteiger partial charge in [0, 0.05) is 0 Å². The first-order valence-corrected chi connectivity index (χ1v) is 7.11. The van der Waals surface area contributed by atoms with Gasteiger partial charge in [-0.1, -0.05) is 30.3 Å². The van der Waals surface area contributed by atoms with Crippen LogP contribution in [0.4, 0.5) is 13.2 Å². The van der Waals surface area contributed by atoms with Crippen molar-refractivity contribution in [2.75, 3.05) is 0 Å². The number of alkyl halides is 3. The lowest BCUT2D eigenvalue weighted by Crippen LogP contribution is -2.11. The number of carboxylic acids is 1. The smallest absolute Gasteiger partial charge is 0.417 e. The SMILES string of the molecule is O=C(O)c1ccc2c(c1)C(c1ccccc1C(F)(F)F)=CCC2. The third-order valence-corrected chi connectivity index (χ3v) is 3.93. The van der Waals surface area contributed by atoms with E-state index in [0.29, 0.717) is 24.0 Å². The van der Waals surface area contributed by atoms with E-state index in [1.807, 2.05) is 0 Å². The molecule has 23 heavy (non-hydrogen) atoms. The van der Waals surface area contributed by atoms with Crippen molar-refractivity contribution in [1.29, 1.82) is 0 Å². The number of aromatic carboxylic acids is 1. The van der Waals surface area contributed by atoms with Crippen LogP contribution in [0.3, 0.4) is 0 Å². The van der Waals surface area contributed by atoms with Crippen molar-refractivity contribution >= 4 is 11.5 Å². The number of carboxylic acid groups (broad SMARTS) is 1. The van der Waals surface area contributed by atoms with Gasteiger partial charge in [0.1, 0.15) is 0 Å². The van der Waals surface area contributed by atoms with Crippen molar-refractivity contribution < 1.29 is 23.1 Å². The van der Waals surface area contributed by atoms with E-state index in [1.54, 1.807) is 18.2 Å². The summed E-state index contributed by atoms with van der Waals surface area (Å²) < 4.78 is 39.8. The molecular weight excluding hydrogens is 305 g/mol. The van der Waals surface area contributed by atoms with Gasteiger partial charge in [-0.2, -0.15) is 13.2 Å². The van der Waals surface area contributed by atoms with Crippen molar-refractivity contribution in [3.8, 4) is 0 Å². The Kier molecular flexibility index (Phi) is 3.72. The Morgan fingerprint density at radius 1 is 1.04 bits per heavy atom. The maximum Gasteiger partial charge on any atom is 0.417 e. The van der Waals surface area contributed by atoms with Crippen LogP contribution in [0.2, 0.25) is 0 Å². The molecule has 1 aliphatic rings. The minimum atomic E-state index is -4.46. The number of aryl methyl sites for hydroxylation is 1. The maximum absolute atomic E-state index is 13.3. The fourth-order valence-electron chi connectivity index (χ4n) is 2.88. The second kappa shape index (κ2) is 5.57. The van der Waals surface area contributed by atoms with E-state index in [0.717, 1.165) is 11.6 Å². The third kappa shape index (κ3) is 2.86. The standard InChI is InChI=1S/C18H13F3O2/c19-18(20,21)16-7-2-1-5-14(16)13-6-3-4-11-8-9-12(17(22)23)10-15(11)13/h1-2,5-10H,3-4H2,(H,22,23). The Balaban J connectivity index is 2.19. The Labute approximate surface area is 130 Å². The van der Waals surface area contributed by atoms with Crippen LogP contribution in [0.5, 0.6) is 0 Å². The van der Waals surface area contributed by atoms with Gasteiger partial charge in [0.25, 0.3) is 0 Å². The second-order valence-corrected chi connectivity index (χ2v) is 5.38. The lowest BCUT2D eigenvalue weighted by molar-refractivity contribution is -0.137. The highest BCUT2D eigenvalue weighted by Gasteiger charge is 2.34. The normalized spacial score (nSPS) is 14.1. The van der Waals surface area contributed by atoms with Gasteiger partial charge in [0.05, 0.1) is 11.1 Å². The zero-order valence-corrected chi connectivity index (χ0v) is 12.0.